The molecule has 0 atom stereocenters. The van der Waals surface area contributed by atoms with Gasteiger partial charge < -0.3 is 15.7 Å². The van der Waals surface area contributed by atoms with Crippen LogP contribution in [0.1, 0.15) is 0 Å². The van der Waals surface area contributed by atoms with E-state index < -0.39 is 10.4 Å². The van der Waals surface area contributed by atoms with E-state index in [1.165, 1.54) is 6.33 Å². The standard InChI is InChI=1S/C5H5N5O.H2O4S/c6-5-9-2-3(10-5)7-1-8-4(2)11;1-5(2,3)4/h1H,(H4,6,7,8,9,10,11);(H2,1,2,3,4). The average molecular weight is 249 g/mol. The summed E-state index contributed by atoms with van der Waals surface area (Å²) in [6.07, 6.45) is 1.28. The van der Waals surface area contributed by atoms with Gasteiger partial charge in [-0.2, -0.15) is 13.4 Å². The summed E-state index contributed by atoms with van der Waals surface area (Å²) in [6, 6.07) is 0. The first-order valence-electron chi connectivity index (χ1n) is 3.66. The van der Waals surface area contributed by atoms with Crippen LogP contribution in [0, 0.1) is 0 Å². The van der Waals surface area contributed by atoms with Gasteiger partial charge in [-0.25, -0.2) is 4.98 Å². The molecule has 0 unspecified atom stereocenters. The number of aromatic amines is 2. The molecule has 2 heterocycles. The molecule has 11 heteroatoms. The van der Waals surface area contributed by atoms with Crippen LogP contribution in [0.4, 0.5) is 5.95 Å². The second-order valence-corrected chi connectivity index (χ2v) is 3.40. The number of nitrogen functional groups attached to an aromatic ring is 1. The Hall–Kier alpha value is -1.98. The largest absolute Gasteiger partial charge is 0.394 e. The van der Waals surface area contributed by atoms with Gasteiger partial charge in [0.15, 0.2) is 17.1 Å². The van der Waals surface area contributed by atoms with Crippen LogP contribution in [-0.2, 0) is 10.4 Å². The molecule has 0 aromatic carbocycles. The third-order valence-electron chi connectivity index (χ3n) is 1.31. The van der Waals surface area contributed by atoms with Gasteiger partial charge in [-0.1, -0.05) is 0 Å². The van der Waals surface area contributed by atoms with Crippen LogP contribution in [-0.4, -0.2) is 37.5 Å². The number of nitrogens with zero attached hydrogens (tertiary/aromatic N) is 2. The number of anilines is 1. The highest BCUT2D eigenvalue weighted by Gasteiger charge is 2.02. The normalized spacial score (nSPS) is 10.9. The minimum atomic E-state index is -4.67. The van der Waals surface area contributed by atoms with Gasteiger partial charge in [0.25, 0.3) is 5.56 Å². The molecule has 2 aromatic rings. The number of hydrogen-bond donors (Lipinski definition) is 5. The summed E-state index contributed by atoms with van der Waals surface area (Å²) in [7, 11) is -4.67. The van der Waals surface area contributed by atoms with Gasteiger partial charge in [-0.15, -0.1) is 0 Å². The molecule has 0 saturated carbocycles. The third kappa shape index (κ3) is 3.64. The van der Waals surface area contributed by atoms with Crippen LogP contribution >= 0.6 is 0 Å². The van der Waals surface area contributed by atoms with E-state index in [1.807, 2.05) is 0 Å². The Morgan fingerprint density at radius 2 is 1.94 bits per heavy atom. The first-order valence-corrected chi connectivity index (χ1v) is 5.06. The molecule has 0 bridgehead atoms. The van der Waals surface area contributed by atoms with Crippen LogP contribution in [0.3, 0.4) is 0 Å². The van der Waals surface area contributed by atoms with Gasteiger partial charge in [0.05, 0.1) is 6.33 Å². The Labute approximate surface area is 88.1 Å². The van der Waals surface area contributed by atoms with Crippen molar-refractivity contribution in [3.8, 4) is 0 Å². The van der Waals surface area contributed by atoms with Crippen LogP contribution in [0.25, 0.3) is 11.2 Å². The van der Waals surface area contributed by atoms with Gasteiger partial charge in [0, 0.05) is 0 Å². The van der Waals surface area contributed by atoms with Crippen LogP contribution in [0.5, 0.6) is 0 Å². The summed E-state index contributed by atoms with van der Waals surface area (Å²) in [5, 5.41) is 0. The lowest BCUT2D eigenvalue weighted by Gasteiger charge is -1.81. The molecule has 10 nitrogen and oxygen atoms in total. The summed E-state index contributed by atoms with van der Waals surface area (Å²) < 4.78 is 31.6. The van der Waals surface area contributed by atoms with Gasteiger partial charge >= 0.3 is 10.4 Å². The monoisotopic (exact) mass is 249 g/mol. The van der Waals surface area contributed by atoms with E-state index in [1.54, 1.807) is 0 Å². The molecule has 0 aliphatic rings. The lowest BCUT2D eigenvalue weighted by Crippen LogP contribution is -2.05. The topological polar surface area (TPSA) is 175 Å². The van der Waals surface area contributed by atoms with E-state index >= 15 is 0 Å². The van der Waals surface area contributed by atoms with E-state index in [9.17, 15) is 4.79 Å². The maximum atomic E-state index is 11.0. The van der Waals surface area contributed by atoms with Crippen molar-refractivity contribution in [2.24, 2.45) is 0 Å². The van der Waals surface area contributed by atoms with E-state index in [2.05, 4.69) is 19.9 Å². The van der Waals surface area contributed by atoms with Crippen LogP contribution < -0.4 is 11.3 Å². The molecule has 16 heavy (non-hydrogen) atoms. The van der Waals surface area contributed by atoms with E-state index in [0.29, 0.717) is 11.2 Å². The van der Waals surface area contributed by atoms with Gasteiger partial charge in [0.1, 0.15) is 0 Å². The third-order valence-corrected chi connectivity index (χ3v) is 1.31. The zero-order valence-corrected chi connectivity index (χ0v) is 8.39. The highest BCUT2D eigenvalue weighted by molar-refractivity contribution is 7.79. The second kappa shape index (κ2) is 4.26. The van der Waals surface area contributed by atoms with Crippen molar-refractivity contribution in [1.29, 1.82) is 0 Å². The van der Waals surface area contributed by atoms with E-state index in [-0.39, 0.29) is 11.5 Å². The van der Waals surface area contributed by atoms with Crippen molar-refractivity contribution in [3.05, 3.63) is 16.7 Å². The van der Waals surface area contributed by atoms with E-state index in [4.69, 9.17) is 23.3 Å². The molecule has 2 rings (SSSR count). The van der Waals surface area contributed by atoms with Crippen molar-refractivity contribution in [2.75, 3.05) is 5.73 Å². The SMILES string of the molecule is Nc1nc2nc[nH]c(=O)c2[nH]1.O=S(=O)(O)O. The van der Waals surface area contributed by atoms with Crippen LogP contribution in [0.2, 0.25) is 0 Å². The van der Waals surface area contributed by atoms with Crippen molar-refractivity contribution < 1.29 is 17.5 Å². The smallest absolute Gasteiger partial charge is 0.369 e. The van der Waals surface area contributed by atoms with E-state index in [0.717, 1.165) is 0 Å². The number of nitrogens with two attached hydrogens (primary N) is 1. The molecule has 0 saturated heterocycles. The van der Waals surface area contributed by atoms with Gasteiger partial charge in [0.2, 0.25) is 0 Å². The predicted octanol–water partition coefficient (Wildman–Crippen LogP) is -1.42. The quantitative estimate of drug-likeness (QED) is 0.353. The molecule has 0 aliphatic carbocycles. The zero-order valence-electron chi connectivity index (χ0n) is 7.58. The highest BCUT2D eigenvalue weighted by Crippen LogP contribution is 2.01. The Bertz CT molecular complexity index is 635. The number of aromatic nitrogens is 4. The Morgan fingerprint density at radius 3 is 2.44 bits per heavy atom. The zero-order chi connectivity index (χ0) is 12.3. The van der Waals surface area contributed by atoms with Crippen molar-refractivity contribution in [2.45, 2.75) is 0 Å². The predicted molar refractivity (Wildman–Crippen MR) is 53.1 cm³/mol. The maximum Gasteiger partial charge on any atom is 0.394 e. The molecule has 0 amide bonds. The fourth-order valence-corrected chi connectivity index (χ4v) is 0.858. The molecule has 0 radical (unpaired) electrons. The number of nitrogens with one attached hydrogen (secondary N) is 2. The molecular weight excluding hydrogens is 242 g/mol. The summed E-state index contributed by atoms with van der Waals surface area (Å²) in [4.78, 5) is 23.5. The Morgan fingerprint density at radius 1 is 1.38 bits per heavy atom. The summed E-state index contributed by atoms with van der Waals surface area (Å²) in [5.41, 5.74) is 5.68. The number of hydrogen-bond acceptors (Lipinski definition) is 6. The average Bonchev–Trinajstić information content (AvgIpc) is 2.44. The highest BCUT2D eigenvalue weighted by atomic mass is 32.3. The minimum Gasteiger partial charge on any atom is -0.369 e. The Kier molecular flexibility index (Phi) is 3.22. The first kappa shape index (κ1) is 12.1. The molecule has 88 valence electrons. The molecule has 0 spiro atoms. The molecule has 2 aromatic heterocycles. The number of H-pyrrole nitrogens is 2. The molecule has 6 N–H and O–H groups in total. The number of fused-ring (bicyclic) bond motifs is 1. The first-order chi connectivity index (χ1) is 7.27. The maximum absolute atomic E-state index is 11.0. The second-order valence-electron chi connectivity index (χ2n) is 2.50. The van der Waals surface area contributed by atoms with Crippen molar-refractivity contribution >= 4 is 27.5 Å². The minimum absolute atomic E-state index is 0.198. The fourth-order valence-electron chi connectivity index (χ4n) is 0.858. The van der Waals surface area contributed by atoms with Crippen LogP contribution in [0.15, 0.2) is 11.1 Å². The summed E-state index contributed by atoms with van der Waals surface area (Å²) in [5.74, 6) is 0.198. The Balaban J connectivity index is 0.000000221. The number of imidazole rings is 1. The summed E-state index contributed by atoms with van der Waals surface area (Å²) >= 11 is 0. The van der Waals surface area contributed by atoms with Crippen molar-refractivity contribution in [3.63, 3.8) is 0 Å². The lowest BCUT2D eigenvalue weighted by molar-refractivity contribution is 0.381. The molecule has 0 aliphatic heterocycles. The fraction of sp³-hybridized carbons (Fsp3) is 0. The number of rotatable bonds is 0. The summed E-state index contributed by atoms with van der Waals surface area (Å²) in [6.45, 7) is 0. The molecule has 0 fully saturated rings. The lowest BCUT2D eigenvalue weighted by atomic mass is 10.6. The molecular formula is C5H7N5O5S. The van der Waals surface area contributed by atoms with Gasteiger partial charge in [-0.05, 0) is 0 Å². The van der Waals surface area contributed by atoms with Crippen molar-refractivity contribution in [1.82, 2.24) is 19.9 Å². The van der Waals surface area contributed by atoms with Gasteiger partial charge in [-0.3, -0.25) is 13.9 Å².